The molecule has 1 saturated heterocycles. The number of β-amino-alcohol motifs (C(OH)–C–C–N with tert-alkyl or cyclic N) is 1. The lowest BCUT2D eigenvalue weighted by molar-refractivity contribution is 0.196. The topological polar surface area (TPSA) is 35.9 Å². The van der Waals surface area contributed by atoms with Gasteiger partial charge in [-0.25, -0.2) is 0 Å². The Balaban J connectivity index is 1.83. The molecule has 0 atom stereocenters. The molecule has 1 aromatic carbocycles. The van der Waals surface area contributed by atoms with Crippen LogP contribution in [-0.2, 0) is 6.54 Å². The van der Waals surface area contributed by atoms with Crippen molar-refractivity contribution in [3.63, 3.8) is 0 Å². The molecule has 0 saturated carbocycles. The van der Waals surface area contributed by atoms with Crippen molar-refractivity contribution in [1.29, 1.82) is 0 Å². The summed E-state index contributed by atoms with van der Waals surface area (Å²) in [5.74, 6) is 0.946. The Morgan fingerprint density at radius 3 is 2.45 bits per heavy atom. The van der Waals surface area contributed by atoms with E-state index in [0.717, 1.165) is 45.0 Å². The zero-order valence-corrected chi connectivity index (χ0v) is 12.4. The molecule has 0 bridgehead atoms. The van der Waals surface area contributed by atoms with Crippen LogP contribution in [0.15, 0.2) is 24.3 Å². The lowest BCUT2D eigenvalue weighted by Crippen LogP contribution is -2.32. The van der Waals surface area contributed by atoms with Crippen molar-refractivity contribution < 1.29 is 9.84 Å². The van der Waals surface area contributed by atoms with Crippen LogP contribution in [-0.4, -0.2) is 60.8 Å². The molecule has 1 aromatic rings. The third kappa shape index (κ3) is 4.78. The molecule has 20 heavy (non-hydrogen) atoms. The average Bonchev–Trinajstić information content (AvgIpc) is 2.68. The normalized spacial score (nSPS) is 17.9. The van der Waals surface area contributed by atoms with E-state index in [2.05, 4.69) is 34.1 Å². The monoisotopic (exact) mass is 278 g/mol. The number of aliphatic hydroxyl groups is 1. The van der Waals surface area contributed by atoms with Crippen molar-refractivity contribution >= 4 is 0 Å². The van der Waals surface area contributed by atoms with E-state index in [9.17, 15) is 0 Å². The molecule has 4 heteroatoms. The van der Waals surface area contributed by atoms with E-state index in [1.165, 1.54) is 12.0 Å². The van der Waals surface area contributed by atoms with Crippen LogP contribution in [0.2, 0.25) is 0 Å². The Morgan fingerprint density at radius 2 is 1.75 bits per heavy atom. The SMILES string of the molecule is CCOc1ccc(CN2CCCN(CCO)CC2)cc1. The van der Waals surface area contributed by atoms with Gasteiger partial charge in [0.05, 0.1) is 13.2 Å². The van der Waals surface area contributed by atoms with Gasteiger partial charge in [-0.2, -0.15) is 0 Å². The molecule has 0 amide bonds. The predicted molar refractivity (Wildman–Crippen MR) is 81.0 cm³/mol. The maximum absolute atomic E-state index is 9.01. The Kier molecular flexibility index (Phi) is 6.30. The van der Waals surface area contributed by atoms with Gasteiger partial charge in [0.15, 0.2) is 0 Å². The van der Waals surface area contributed by atoms with E-state index in [0.29, 0.717) is 6.61 Å². The number of rotatable bonds is 6. The Bertz CT molecular complexity index is 381. The minimum absolute atomic E-state index is 0.263. The number of nitrogens with zero attached hydrogens (tertiary/aromatic N) is 2. The second-order valence-electron chi connectivity index (χ2n) is 5.27. The van der Waals surface area contributed by atoms with Gasteiger partial charge >= 0.3 is 0 Å². The fourth-order valence-corrected chi connectivity index (χ4v) is 2.66. The maximum atomic E-state index is 9.01. The number of hydrogen-bond acceptors (Lipinski definition) is 4. The van der Waals surface area contributed by atoms with Gasteiger partial charge < -0.3 is 9.84 Å². The number of aliphatic hydroxyl groups excluding tert-OH is 1. The van der Waals surface area contributed by atoms with Crippen LogP contribution in [0.1, 0.15) is 18.9 Å². The van der Waals surface area contributed by atoms with E-state index in [1.807, 2.05) is 6.92 Å². The second-order valence-corrected chi connectivity index (χ2v) is 5.27. The molecule has 4 nitrogen and oxygen atoms in total. The molecule has 1 aliphatic heterocycles. The highest BCUT2D eigenvalue weighted by Gasteiger charge is 2.14. The largest absolute Gasteiger partial charge is 0.494 e. The van der Waals surface area contributed by atoms with Gasteiger partial charge in [0.2, 0.25) is 0 Å². The molecule has 0 radical (unpaired) electrons. The minimum Gasteiger partial charge on any atom is -0.494 e. The summed E-state index contributed by atoms with van der Waals surface area (Å²) in [4.78, 5) is 4.84. The predicted octanol–water partition coefficient (Wildman–Crippen LogP) is 1.59. The summed E-state index contributed by atoms with van der Waals surface area (Å²) in [6.45, 7) is 9.14. The van der Waals surface area contributed by atoms with Crippen molar-refractivity contribution in [3.8, 4) is 5.75 Å². The zero-order chi connectivity index (χ0) is 14.2. The summed E-state index contributed by atoms with van der Waals surface area (Å²) >= 11 is 0. The van der Waals surface area contributed by atoms with Gasteiger partial charge in [0.25, 0.3) is 0 Å². The van der Waals surface area contributed by atoms with E-state index in [4.69, 9.17) is 9.84 Å². The number of hydrogen-bond donors (Lipinski definition) is 1. The highest BCUT2D eigenvalue weighted by atomic mass is 16.5. The summed E-state index contributed by atoms with van der Waals surface area (Å²) in [5.41, 5.74) is 1.34. The van der Waals surface area contributed by atoms with Gasteiger partial charge in [-0.15, -0.1) is 0 Å². The summed E-state index contributed by atoms with van der Waals surface area (Å²) in [6, 6.07) is 8.41. The van der Waals surface area contributed by atoms with Crippen LogP contribution in [0.5, 0.6) is 5.75 Å². The quantitative estimate of drug-likeness (QED) is 0.857. The lowest BCUT2D eigenvalue weighted by atomic mass is 10.2. The van der Waals surface area contributed by atoms with Crippen molar-refractivity contribution in [3.05, 3.63) is 29.8 Å². The van der Waals surface area contributed by atoms with Crippen molar-refractivity contribution in [2.45, 2.75) is 19.9 Å². The van der Waals surface area contributed by atoms with Gasteiger partial charge in [-0.05, 0) is 44.1 Å². The van der Waals surface area contributed by atoms with Crippen molar-refractivity contribution in [1.82, 2.24) is 9.80 Å². The first-order valence-electron chi connectivity index (χ1n) is 7.59. The molecule has 1 aliphatic rings. The Morgan fingerprint density at radius 1 is 1.05 bits per heavy atom. The molecule has 1 fully saturated rings. The molecule has 0 spiro atoms. The lowest BCUT2D eigenvalue weighted by Gasteiger charge is -2.21. The molecule has 0 aliphatic carbocycles. The third-order valence-electron chi connectivity index (χ3n) is 3.74. The van der Waals surface area contributed by atoms with E-state index < -0.39 is 0 Å². The maximum Gasteiger partial charge on any atom is 0.119 e. The van der Waals surface area contributed by atoms with Gasteiger partial charge in [0, 0.05) is 26.2 Å². The van der Waals surface area contributed by atoms with Crippen LogP contribution < -0.4 is 4.74 Å². The minimum atomic E-state index is 0.263. The molecular formula is C16H26N2O2. The molecule has 0 unspecified atom stereocenters. The van der Waals surface area contributed by atoms with Gasteiger partial charge in [0.1, 0.15) is 5.75 Å². The highest BCUT2D eigenvalue weighted by molar-refractivity contribution is 5.27. The van der Waals surface area contributed by atoms with Crippen LogP contribution in [0.4, 0.5) is 0 Å². The summed E-state index contributed by atoms with van der Waals surface area (Å²) in [5, 5.41) is 9.01. The molecular weight excluding hydrogens is 252 g/mol. The van der Waals surface area contributed by atoms with E-state index in [-0.39, 0.29) is 6.61 Å². The van der Waals surface area contributed by atoms with Gasteiger partial charge in [-0.3, -0.25) is 9.80 Å². The van der Waals surface area contributed by atoms with Crippen LogP contribution >= 0.6 is 0 Å². The van der Waals surface area contributed by atoms with E-state index >= 15 is 0 Å². The second kappa shape index (κ2) is 8.25. The van der Waals surface area contributed by atoms with Crippen molar-refractivity contribution in [2.75, 3.05) is 45.9 Å². The smallest absolute Gasteiger partial charge is 0.119 e. The van der Waals surface area contributed by atoms with E-state index in [1.54, 1.807) is 0 Å². The van der Waals surface area contributed by atoms with Crippen LogP contribution in [0.3, 0.4) is 0 Å². The number of ether oxygens (including phenoxy) is 1. The van der Waals surface area contributed by atoms with Crippen LogP contribution in [0.25, 0.3) is 0 Å². The molecule has 0 aromatic heterocycles. The first kappa shape index (κ1) is 15.3. The fourth-order valence-electron chi connectivity index (χ4n) is 2.66. The summed E-state index contributed by atoms with van der Waals surface area (Å²) < 4.78 is 5.47. The zero-order valence-electron chi connectivity index (χ0n) is 12.4. The number of benzene rings is 1. The Labute approximate surface area is 122 Å². The average molecular weight is 278 g/mol. The third-order valence-corrected chi connectivity index (χ3v) is 3.74. The Hall–Kier alpha value is -1.10. The van der Waals surface area contributed by atoms with Gasteiger partial charge in [-0.1, -0.05) is 12.1 Å². The highest BCUT2D eigenvalue weighted by Crippen LogP contribution is 2.14. The first-order chi connectivity index (χ1) is 9.81. The summed E-state index contributed by atoms with van der Waals surface area (Å²) in [6.07, 6.45) is 1.18. The molecule has 1 heterocycles. The first-order valence-corrected chi connectivity index (χ1v) is 7.59. The summed E-state index contributed by atoms with van der Waals surface area (Å²) in [7, 11) is 0. The fraction of sp³-hybridized carbons (Fsp3) is 0.625. The van der Waals surface area contributed by atoms with Crippen LogP contribution in [0, 0.1) is 0 Å². The molecule has 1 N–H and O–H groups in total. The molecule has 2 rings (SSSR count). The standard InChI is InChI=1S/C16H26N2O2/c1-2-20-16-6-4-15(5-7-16)14-18-9-3-8-17(10-11-18)12-13-19/h4-7,19H,2-3,8-14H2,1H3. The van der Waals surface area contributed by atoms with Crippen molar-refractivity contribution in [2.24, 2.45) is 0 Å². The molecule has 112 valence electrons.